The molecule has 0 N–H and O–H groups in total. The Labute approximate surface area is 111 Å². The van der Waals surface area contributed by atoms with Crippen LogP contribution in [0.5, 0.6) is 5.75 Å². The number of aromatic nitrogens is 2. The maximum absolute atomic E-state index is 11.9. The van der Waals surface area contributed by atoms with E-state index in [4.69, 9.17) is 4.74 Å². The van der Waals surface area contributed by atoms with Gasteiger partial charge in [0.1, 0.15) is 5.75 Å². The molecule has 1 aliphatic rings. The quantitative estimate of drug-likeness (QED) is 0.784. The van der Waals surface area contributed by atoms with Crippen molar-refractivity contribution in [3.8, 4) is 11.4 Å². The van der Waals surface area contributed by atoms with Gasteiger partial charge in [0.05, 0.1) is 30.6 Å². The third kappa shape index (κ3) is 2.07. The van der Waals surface area contributed by atoms with E-state index >= 15 is 0 Å². The highest BCUT2D eigenvalue weighted by Gasteiger charge is 2.20. The summed E-state index contributed by atoms with van der Waals surface area (Å²) in [5, 5.41) is 4.27. The van der Waals surface area contributed by atoms with Crippen LogP contribution >= 0.6 is 0 Å². The van der Waals surface area contributed by atoms with E-state index < -0.39 is 0 Å². The molecule has 1 aliphatic heterocycles. The van der Waals surface area contributed by atoms with Crippen LogP contribution in [0.25, 0.3) is 5.69 Å². The Morgan fingerprint density at radius 2 is 2.21 bits per heavy atom. The second-order valence-electron chi connectivity index (χ2n) is 4.67. The molecule has 0 radical (unpaired) electrons. The SMILES string of the molecule is Cc1cnn(-c2ccc3c(c2)N(C)C(=O)CCO3)c1. The van der Waals surface area contributed by atoms with Crippen molar-refractivity contribution in [2.75, 3.05) is 18.6 Å². The van der Waals surface area contributed by atoms with E-state index in [1.54, 1.807) is 22.8 Å². The molecule has 0 atom stereocenters. The highest BCUT2D eigenvalue weighted by atomic mass is 16.5. The summed E-state index contributed by atoms with van der Waals surface area (Å²) in [5.41, 5.74) is 2.79. The lowest BCUT2D eigenvalue weighted by atomic mass is 10.2. The smallest absolute Gasteiger partial charge is 0.230 e. The van der Waals surface area contributed by atoms with Crippen molar-refractivity contribution in [1.29, 1.82) is 0 Å². The maximum Gasteiger partial charge on any atom is 0.230 e. The summed E-state index contributed by atoms with van der Waals surface area (Å²) in [6.45, 7) is 2.42. The number of carbonyl (C=O) groups is 1. The van der Waals surface area contributed by atoms with Crippen LogP contribution in [0.3, 0.4) is 0 Å². The van der Waals surface area contributed by atoms with Crippen LogP contribution < -0.4 is 9.64 Å². The van der Waals surface area contributed by atoms with E-state index in [-0.39, 0.29) is 5.91 Å². The molecule has 0 saturated carbocycles. The molecule has 1 amide bonds. The van der Waals surface area contributed by atoms with Crippen LogP contribution in [-0.2, 0) is 4.79 Å². The Kier molecular flexibility index (Phi) is 2.74. The van der Waals surface area contributed by atoms with Crippen molar-refractivity contribution in [3.63, 3.8) is 0 Å². The highest BCUT2D eigenvalue weighted by molar-refractivity contribution is 5.95. The molecule has 0 spiro atoms. The first-order chi connectivity index (χ1) is 9.15. The molecular weight excluding hydrogens is 242 g/mol. The minimum atomic E-state index is 0.0625. The predicted octanol–water partition coefficient (Wildman–Crippen LogP) is 1.93. The van der Waals surface area contributed by atoms with Gasteiger partial charge in [-0.3, -0.25) is 4.79 Å². The van der Waals surface area contributed by atoms with Gasteiger partial charge < -0.3 is 9.64 Å². The number of ether oxygens (including phenoxy) is 1. The van der Waals surface area contributed by atoms with Crippen molar-refractivity contribution >= 4 is 11.6 Å². The number of benzene rings is 1. The molecular formula is C14H15N3O2. The van der Waals surface area contributed by atoms with Crippen LogP contribution in [-0.4, -0.2) is 29.3 Å². The summed E-state index contributed by atoms with van der Waals surface area (Å²) in [6.07, 6.45) is 4.15. The fourth-order valence-corrected chi connectivity index (χ4v) is 2.14. The molecule has 0 fully saturated rings. The van der Waals surface area contributed by atoms with Gasteiger partial charge in [-0.1, -0.05) is 0 Å². The summed E-state index contributed by atoms with van der Waals surface area (Å²) in [7, 11) is 1.77. The Morgan fingerprint density at radius 3 is 2.95 bits per heavy atom. The number of hydrogen-bond donors (Lipinski definition) is 0. The van der Waals surface area contributed by atoms with Gasteiger partial charge in [-0.2, -0.15) is 5.10 Å². The molecule has 5 nitrogen and oxygen atoms in total. The number of aryl methyl sites for hydroxylation is 1. The normalized spacial score (nSPS) is 14.8. The minimum Gasteiger partial charge on any atom is -0.491 e. The molecule has 19 heavy (non-hydrogen) atoms. The summed E-state index contributed by atoms with van der Waals surface area (Å²) < 4.78 is 7.38. The van der Waals surface area contributed by atoms with Gasteiger partial charge in [0.2, 0.25) is 5.91 Å². The third-order valence-electron chi connectivity index (χ3n) is 3.23. The van der Waals surface area contributed by atoms with Crippen LogP contribution in [0.2, 0.25) is 0 Å². The van der Waals surface area contributed by atoms with Gasteiger partial charge >= 0.3 is 0 Å². The first kappa shape index (κ1) is 11.8. The van der Waals surface area contributed by atoms with Crippen LogP contribution in [0.15, 0.2) is 30.6 Å². The average Bonchev–Trinajstić information content (AvgIpc) is 2.79. The lowest BCUT2D eigenvalue weighted by Crippen LogP contribution is -2.25. The van der Waals surface area contributed by atoms with E-state index in [2.05, 4.69) is 5.10 Å². The Hall–Kier alpha value is -2.30. The van der Waals surface area contributed by atoms with E-state index in [0.29, 0.717) is 13.0 Å². The summed E-state index contributed by atoms with van der Waals surface area (Å²) in [6, 6.07) is 5.75. The van der Waals surface area contributed by atoms with Crippen molar-refractivity contribution < 1.29 is 9.53 Å². The molecule has 0 aliphatic carbocycles. The highest BCUT2D eigenvalue weighted by Crippen LogP contribution is 2.32. The molecule has 1 aromatic heterocycles. The van der Waals surface area contributed by atoms with Crippen molar-refractivity contribution in [3.05, 3.63) is 36.2 Å². The Balaban J connectivity index is 2.07. The average molecular weight is 257 g/mol. The zero-order valence-electron chi connectivity index (χ0n) is 11.0. The van der Waals surface area contributed by atoms with Gasteiger partial charge in [0.15, 0.2) is 0 Å². The minimum absolute atomic E-state index is 0.0625. The van der Waals surface area contributed by atoms with Gasteiger partial charge in [0, 0.05) is 13.2 Å². The van der Waals surface area contributed by atoms with Crippen LogP contribution in [0.4, 0.5) is 5.69 Å². The van der Waals surface area contributed by atoms with Crippen molar-refractivity contribution in [1.82, 2.24) is 9.78 Å². The second-order valence-corrected chi connectivity index (χ2v) is 4.67. The first-order valence-corrected chi connectivity index (χ1v) is 6.20. The monoisotopic (exact) mass is 257 g/mol. The zero-order chi connectivity index (χ0) is 13.4. The predicted molar refractivity (Wildman–Crippen MR) is 71.8 cm³/mol. The molecule has 3 rings (SSSR count). The van der Waals surface area contributed by atoms with E-state index in [0.717, 1.165) is 22.7 Å². The first-order valence-electron chi connectivity index (χ1n) is 6.20. The fourth-order valence-electron chi connectivity index (χ4n) is 2.14. The molecule has 0 bridgehead atoms. The molecule has 2 heterocycles. The van der Waals surface area contributed by atoms with Crippen LogP contribution in [0.1, 0.15) is 12.0 Å². The third-order valence-corrected chi connectivity index (χ3v) is 3.23. The van der Waals surface area contributed by atoms with E-state index in [1.807, 2.05) is 31.3 Å². The molecule has 1 aromatic carbocycles. The second kappa shape index (κ2) is 4.42. The number of amides is 1. The molecule has 0 unspecified atom stereocenters. The van der Waals surface area contributed by atoms with Crippen molar-refractivity contribution in [2.45, 2.75) is 13.3 Å². The van der Waals surface area contributed by atoms with Gasteiger partial charge in [-0.25, -0.2) is 4.68 Å². The Morgan fingerprint density at radius 1 is 1.37 bits per heavy atom. The largest absolute Gasteiger partial charge is 0.491 e. The van der Waals surface area contributed by atoms with Gasteiger partial charge in [-0.15, -0.1) is 0 Å². The molecule has 2 aromatic rings. The lowest BCUT2D eigenvalue weighted by Gasteiger charge is -2.17. The number of hydrogen-bond acceptors (Lipinski definition) is 3. The number of anilines is 1. The van der Waals surface area contributed by atoms with E-state index in [9.17, 15) is 4.79 Å². The number of carbonyl (C=O) groups excluding carboxylic acids is 1. The molecule has 98 valence electrons. The maximum atomic E-state index is 11.9. The molecule has 0 saturated heterocycles. The fraction of sp³-hybridized carbons (Fsp3) is 0.286. The molecule has 5 heteroatoms. The van der Waals surface area contributed by atoms with Crippen LogP contribution in [0, 0.1) is 6.92 Å². The number of nitrogens with zero attached hydrogens (tertiary/aromatic N) is 3. The zero-order valence-corrected chi connectivity index (χ0v) is 11.0. The number of rotatable bonds is 1. The summed E-state index contributed by atoms with van der Waals surface area (Å²) >= 11 is 0. The van der Waals surface area contributed by atoms with Crippen molar-refractivity contribution in [2.24, 2.45) is 0 Å². The van der Waals surface area contributed by atoms with Gasteiger partial charge in [-0.05, 0) is 30.7 Å². The lowest BCUT2D eigenvalue weighted by molar-refractivity contribution is -0.118. The summed E-state index contributed by atoms with van der Waals surface area (Å²) in [4.78, 5) is 13.5. The summed E-state index contributed by atoms with van der Waals surface area (Å²) in [5.74, 6) is 0.800. The number of fused-ring (bicyclic) bond motifs is 1. The standard InChI is InChI=1S/C14H15N3O2/c1-10-8-15-17(9-10)11-3-4-13-12(7-11)16(2)14(18)5-6-19-13/h3-4,7-9H,5-6H2,1-2H3. The Bertz CT molecular complexity index is 633. The van der Waals surface area contributed by atoms with Gasteiger partial charge in [0.25, 0.3) is 0 Å². The topological polar surface area (TPSA) is 47.4 Å². The van der Waals surface area contributed by atoms with E-state index in [1.165, 1.54) is 0 Å².